The summed E-state index contributed by atoms with van der Waals surface area (Å²) in [4.78, 5) is 16.8. The molecule has 0 radical (unpaired) electrons. The van der Waals surface area contributed by atoms with Gasteiger partial charge in [0.25, 0.3) is 11.6 Å². The Morgan fingerprint density at radius 1 is 1.45 bits per heavy atom. The zero-order valence-electron chi connectivity index (χ0n) is 12.2. The van der Waals surface area contributed by atoms with Gasteiger partial charge in [-0.3, -0.25) is 4.79 Å². The number of carbonyl (C=O) groups excluding carboxylic acids is 1. The van der Waals surface area contributed by atoms with Crippen molar-refractivity contribution in [3.63, 3.8) is 0 Å². The average molecular weight is 276 g/mol. The molecule has 0 aliphatic heterocycles. The number of nitrogens with one attached hydrogen (secondary N) is 1. The molecule has 108 valence electrons. The van der Waals surface area contributed by atoms with Gasteiger partial charge in [0.1, 0.15) is 0 Å². The predicted molar refractivity (Wildman–Crippen MR) is 76.6 cm³/mol. The first-order chi connectivity index (χ1) is 9.43. The summed E-state index contributed by atoms with van der Waals surface area (Å²) in [6.45, 7) is 8.08. The fourth-order valence-electron chi connectivity index (χ4n) is 1.95. The SMILES string of the molecule is Cc1noc2nc(C(C)C)cc(C(=O)N[C@@H](C)CN)c12. The Balaban J connectivity index is 2.54. The monoisotopic (exact) mass is 276 g/mol. The molecular formula is C14H20N4O2. The smallest absolute Gasteiger partial charge is 0.259 e. The van der Waals surface area contributed by atoms with Crippen molar-refractivity contribution in [1.29, 1.82) is 0 Å². The lowest BCUT2D eigenvalue weighted by Gasteiger charge is -2.13. The van der Waals surface area contributed by atoms with Gasteiger partial charge in [-0.2, -0.15) is 0 Å². The van der Waals surface area contributed by atoms with Gasteiger partial charge in [-0.1, -0.05) is 19.0 Å². The number of hydrogen-bond donors (Lipinski definition) is 2. The van der Waals surface area contributed by atoms with Crippen LogP contribution in [0.2, 0.25) is 0 Å². The minimum absolute atomic E-state index is 0.0895. The minimum Gasteiger partial charge on any atom is -0.348 e. The van der Waals surface area contributed by atoms with Crippen molar-refractivity contribution in [1.82, 2.24) is 15.5 Å². The molecule has 6 nitrogen and oxygen atoms in total. The Morgan fingerprint density at radius 2 is 2.15 bits per heavy atom. The van der Waals surface area contributed by atoms with E-state index in [1.54, 1.807) is 13.0 Å². The van der Waals surface area contributed by atoms with E-state index >= 15 is 0 Å². The van der Waals surface area contributed by atoms with E-state index < -0.39 is 0 Å². The second-order valence-corrected chi connectivity index (χ2v) is 5.31. The number of hydrogen-bond acceptors (Lipinski definition) is 5. The molecule has 1 atom stereocenters. The summed E-state index contributed by atoms with van der Waals surface area (Å²) in [5.41, 5.74) is 7.95. The Morgan fingerprint density at radius 3 is 2.75 bits per heavy atom. The molecule has 1 amide bonds. The Hall–Kier alpha value is -1.95. The minimum atomic E-state index is -0.177. The van der Waals surface area contributed by atoms with E-state index in [4.69, 9.17) is 10.3 Å². The van der Waals surface area contributed by atoms with Gasteiger partial charge in [-0.25, -0.2) is 4.98 Å². The van der Waals surface area contributed by atoms with E-state index in [0.717, 1.165) is 5.69 Å². The number of nitrogens with zero attached hydrogens (tertiary/aromatic N) is 2. The van der Waals surface area contributed by atoms with Crippen molar-refractivity contribution in [3.8, 4) is 0 Å². The van der Waals surface area contributed by atoms with Crippen molar-refractivity contribution in [2.75, 3.05) is 6.54 Å². The fraction of sp³-hybridized carbons (Fsp3) is 0.500. The van der Waals surface area contributed by atoms with Crippen molar-refractivity contribution < 1.29 is 9.32 Å². The first-order valence-corrected chi connectivity index (χ1v) is 6.71. The summed E-state index contributed by atoms with van der Waals surface area (Å²) in [7, 11) is 0. The first kappa shape index (κ1) is 14.5. The molecule has 20 heavy (non-hydrogen) atoms. The highest BCUT2D eigenvalue weighted by Crippen LogP contribution is 2.25. The van der Waals surface area contributed by atoms with Gasteiger partial charge in [0.05, 0.1) is 16.6 Å². The molecular weight excluding hydrogens is 256 g/mol. The fourth-order valence-corrected chi connectivity index (χ4v) is 1.95. The van der Waals surface area contributed by atoms with Crippen molar-refractivity contribution >= 4 is 17.0 Å². The lowest BCUT2D eigenvalue weighted by atomic mass is 10.0. The predicted octanol–water partition coefficient (Wildman–Crippen LogP) is 1.73. The number of carbonyl (C=O) groups is 1. The number of rotatable bonds is 4. The topological polar surface area (TPSA) is 94.0 Å². The van der Waals surface area contributed by atoms with Gasteiger partial charge in [0.15, 0.2) is 0 Å². The zero-order chi connectivity index (χ0) is 14.9. The van der Waals surface area contributed by atoms with Crippen LogP contribution in [0.25, 0.3) is 11.1 Å². The molecule has 6 heteroatoms. The van der Waals surface area contributed by atoms with Crippen LogP contribution < -0.4 is 11.1 Å². The number of aromatic nitrogens is 2. The maximum absolute atomic E-state index is 12.4. The molecule has 0 fully saturated rings. The maximum atomic E-state index is 12.4. The van der Waals surface area contributed by atoms with Crippen molar-refractivity contribution in [3.05, 3.63) is 23.0 Å². The summed E-state index contributed by atoms with van der Waals surface area (Å²) in [5, 5.41) is 7.42. The van der Waals surface area contributed by atoms with Crippen molar-refractivity contribution in [2.45, 2.75) is 39.7 Å². The van der Waals surface area contributed by atoms with E-state index in [9.17, 15) is 4.79 Å². The van der Waals surface area contributed by atoms with Crippen LogP contribution in [0.3, 0.4) is 0 Å². The third-order valence-corrected chi connectivity index (χ3v) is 3.20. The summed E-state index contributed by atoms with van der Waals surface area (Å²) < 4.78 is 5.20. The number of aryl methyl sites for hydroxylation is 1. The van der Waals surface area contributed by atoms with Crippen LogP contribution in [0.15, 0.2) is 10.6 Å². The normalized spacial score (nSPS) is 12.9. The second kappa shape index (κ2) is 5.58. The van der Waals surface area contributed by atoms with E-state index in [-0.39, 0.29) is 17.9 Å². The van der Waals surface area contributed by atoms with Crippen LogP contribution >= 0.6 is 0 Å². The van der Waals surface area contributed by atoms with E-state index in [1.807, 2.05) is 20.8 Å². The Labute approximate surface area is 117 Å². The molecule has 2 rings (SSSR count). The van der Waals surface area contributed by atoms with Gasteiger partial charge in [-0.15, -0.1) is 0 Å². The third-order valence-electron chi connectivity index (χ3n) is 3.20. The number of fused-ring (bicyclic) bond motifs is 1. The largest absolute Gasteiger partial charge is 0.348 e. The lowest BCUT2D eigenvalue weighted by molar-refractivity contribution is 0.0942. The molecule has 2 aromatic heterocycles. The van der Waals surface area contributed by atoms with Crippen LogP contribution in [-0.2, 0) is 0 Å². The molecule has 0 spiro atoms. The summed E-state index contributed by atoms with van der Waals surface area (Å²) in [6.07, 6.45) is 0. The summed E-state index contributed by atoms with van der Waals surface area (Å²) >= 11 is 0. The van der Waals surface area contributed by atoms with Crippen molar-refractivity contribution in [2.24, 2.45) is 5.73 Å². The highest BCUT2D eigenvalue weighted by molar-refractivity contribution is 6.06. The Bertz CT molecular complexity index is 633. The maximum Gasteiger partial charge on any atom is 0.259 e. The number of amides is 1. The molecule has 0 aliphatic carbocycles. The molecule has 3 N–H and O–H groups in total. The molecule has 2 aromatic rings. The van der Waals surface area contributed by atoms with Crippen LogP contribution in [0.1, 0.15) is 48.4 Å². The third kappa shape index (κ3) is 2.65. The number of pyridine rings is 1. The van der Waals surface area contributed by atoms with Gasteiger partial charge in [0, 0.05) is 18.3 Å². The average Bonchev–Trinajstić information content (AvgIpc) is 2.79. The standard InChI is InChI=1S/C14H20N4O2/c1-7(2)11-5-10(13(19)16-8(3)6-15)12-9(4)18-20-14(12)17-11/h5,7-8H,6,15H2,1-4H3,(H,16,19)/t8-/m0/s1. The van der Waals surface area contributed by atoms with Crippen LogP contribution in [0, 0.1) is 6.92 Å². The molecule has 0 saturated carbocycles. The highest BCUT2D eigenvalue weighted by Gasteiger charge is 2.20. The van der Waals surface area contributed by atoms with Crippen LogP contribution in [-0.4, -0.2) is 28.6 Å². The number of nitrogens with two attached hydrogens (primary N) is 1. The van der Waals surface area contributed by atoms with E-state index in [0.29, 0.717) is 28.9 Å². The van der Waals surface area contributed by atoms with Gasteiger partial charge >= 0.3 is 0 Å². The molecule has 0 bridgehead atoms. The first-order valence-electron chi connectivity index (χ1n) is 6.71. The quantitative estimate of drug-likeness (QED) is 0.887. The van der Waals surface area contributed by atoms with Gasteiger partial charge in [0.2, 0.25) is 0 Å². The molecule has 0 aromatic carbocycles. The molecule has 0 aliphatic rings. The van der Waals surface area contributed by atoms with Crippen LogP contribution in [0.4, 0.5) is 0 Å². The summed E-state index contributed by atoms with van der Waals surface area (Å²) in [6, 6.07) is 1.71. The highest BCUT2D eigenvalue weighted by atomic mass is 16.5. The van der Waals surface area contributed by atoms with Gasteiger partial charge < -0.3 is 15.6 Å². The zero-order valence-corrected chi connectivity index (χ0v) is 12.2. The van der Waals surface area contributed by atoms with Gasteiger partial charge in [-0.05, 0) is 25.8 Å². The summed E-state index contributed by atoms with van der Waals surface area (Å²) in [5.74, 6) is 0.0202. The second-order valence-electron chi connectivity index (χ2n) is 5.31. The van der Waals surface area contributed by atoms with Crippen LogP contribution in [0.5, 0.6) is 0 Å². The Kier molecular flexibility index (Phi) is 4.04. The lowest BCUT2D eigenvalue weighted by Crippen LogP contribution is -2.38. The molecule has 0 unspecified atom stereocenters. The van der Waals surface area contributed by atoms with E-state index in [2.05, 4.69) is 15.5 Å². The van der Waals surface area contributed by atoms with E-state index in [1.165, 1.54) is 0 Å². The molecule has 2 heterocycles. The molecule has 0 saturated heterocycles.